The molecule has 0 saturated heterocycles. The van der Waals surface area contributed by atoms with E-state index in [4.69, 9.17) is 4.74 Å². The molecule has 2 nitrogen and oxygen atoms in total. The Bertz CT molecular complexity index is 626. The van der Waals surface area contributed by atoms with Crippen LogP contribution < -0.4 is 4.74 Å². The van der Waals surface area contributed by atoms with Gasteiger partial charge in [0, 0.05) is 11.6 Å². The van der Waals surface area contributed by atoms with E-state index in [0.717, 1.165) is 12.5 Å². The number of rotatable bonds is 5. The standard InChI is InChI=1S/C17H18F2O2/c1-3-7-21-13-6-4-5-12(9-13)17(20)14-8-11(2)15(18)10-16(14)19/h4-6,8-10,17,20H,3,7H2,1-2H3. The summed E-state index contributed by atoms with van der Waals surface area (Å²) in [6, 6.07) is 8.98. The molecule has 2 rings (SSSR count). The quantitative estimate of drug-likeness (QED) is 0.897. The van der Waals surface area contributed by atoms with Gasteiger partial charge in [0.05, 0.1) is 6.61 Å². The van der Waals surface area contributed by atoms with Gasteiger partial charge in [-0.3, -0.25) is 0 Å². The highest BCUT2D eigenvalue weighted by atomic mass is 19.1. The average molecular weight is 292 g/mol. The van der Waals surface area contributed by atoms with E-state index < -0.39 is 17.7 Å². The lowest BCUT2D eigenvalue weighted by atomic mass is 9.99. The van der Waals surface area contributed by atoms with Crippen LogP contribution in [0.4, 0.5) is 8.78 Å². The molecule has 0 bridgehead atoms. The predicted molar refractivity (Wildman–Crippen MR) is 77.4 cm³/mol. The highest BCUT2D eigenvalue weighted by molar-refractivity contribution is 5.37. The molecule has 21 heavy (non-hydrogen) atoms. The van der Waals surface area contributed by atoms with E-state index in [1.165, 1.54) is 13.0 Å². The van der Waals surface area contributed by atoms with Crippen molar-refractivity contribution in [1.82, 2.24) is 0 Å². The third-order valence-corrected chi connectivity index (χ3v) is 3.22. The van der Waals surface area contributed by atoms with E-state index in [1.807, 2.05) is 6.92 Å². The van der Waals surface area contributed by atoms with E-state index in [2.05, 4.69) is 0 Å². The normalized spacial score (nSPS) is 12.2. The van der Waals surface area contributed by atoms with Crippen molar-refractivity contribution in [2.24, 2.45) is 0 Å². The fourth-order valence-corrected chi connectivity index (χ4v) is 2.06. The molecular weight excluding hydrogens is 274 g/mol. The zero-order chi connectivity index (χ0) is 15.4. The molecule has 0 aliphatic heterocycles. The van der Waals surface area contributed by atoms with Crippen LogP contribution >= 0.6 is 0 Å². The summed E-state index contributed by atoms with van der Waals surface area (Å²) in [5.41, 5.74) is 0.860. The summed E-state index contributed by atoms with van der Waals surface area (Å²) in [6.45, 7) is 4.10. The molecule has 0 amide bonds. The Labute approximate surface area is 123 Å². The maximum atomic E-state index is 13.8. The Kier molecular flexibility index (Phi) is 4.91. The number of halogens is 2. The number of hydrogen-bond acceptors (Lipinski definition) is 2. The van der Waals surface area contributed by atoms with Gasteiger partial charge in [-0.2, -0.15) is 0 Å². The number of ether oxygens (including phenoxy) is 1. The molecule has 0 fully saturated rings. The van der Waals surface area contributed by atoms with Gasteiger partial charge in [-0.25, -0.2) is 8.78 Å². The van der Waals surface area contributed by atoms with Crippen LogP contribution in [0.5, 0.6) is 5.75 Å². The third-order valence-electron chi connectivity index (χ3n) is 3.22. The minimum absolute atomic E-state index is 0.0570. The maximum Gasteiger partial charge on any atom is 0.132 e. The third kappa shape index (κ3) is 3.58. The van der Waals surface area contributed by atoms with Crippen molar-refractivity contribution >= 4 is 0 Å². The van der Waals surface area contributed by atoms with Crippen molar-refractivity contribution in [2.45, 2.75) is 26.4 Å². The van der Waals surface area contributed by atoms with Crippen LogP contribution in [0.25, 0.3) is 0 Å². The first-order valence-corrected chi connectivity index (χ1v) is 6.89. The summed E-state index contributed by atoms with van der Waals surface area (Å²) in [7, 11) is 0. The van der Waals surface area contributed by atoms with Crippen LogP contribution in [0.1, 0.15) is 36.1 Å². The second kappa shape index (κ2) is 6.68. The molecule has 0 spiro atoms. The molecule has 0 radical (unpaired) electrons. The lowest BCUT2D eigenvalue weighted by Crippen LogP contribution is -2.05. The lowest BCUT2D eigenvalue weighted by Gasteiger charge is -2.15. The van der Waals surface area contributed by atoms with Gasteiger partial charge < -0.3 is 9.84 Å². The van der Waals surface area contributed by atoms with Crippen LogP contribution in [-0.2, 0) is 0 Å². The summed E-state index contributed by atoms with van der Waals surface area (Å²) in [5.74, 6) is -0.762. The second-order valence-electron chi connectivity index (χ2n) is 4.95. The summed E-state index contributed by atoms with van der Waals surface area (Å²) in [6.07, 6.45) is -0.284. The molecule has 112 valence electrons. The van der Waals surface area contributed by atoms with E-state index >= 15 is 0 Å². The van der Waals surface area contributed by atoms with Crippen molar-refractivity contribution in [3.8, 4) is 5.75 Å². The number of hydrogen-bond donors (Lipinski definition) is 1. The van der Waals surface area contributed by atoms with Crippen molar-refractivity contribution in [1.29, 1.82) is 0 Å². The van der Waals surface area contributed by atoms with Crippen molar-refractivity contribution < 1.29 is 18.6 Å². The first kappa shape index (κ1) is 15.4. The number of aliphatic hydroxyl groups is 1. The fourth-order valence-electron chi connectivity index (χ4n) is 2.06. The second-order valence-corrected chi connectivity index (χ2v) is 4.95. The number of aryl methyl sites for hydroxylation is 1. The van der Waals surface area contributed by atoms with Crippen molar-refractivity contribution in [3.05, 3.63) is 64.7 Å². The van der Waals surface area contributed by atoms with E-state index in [9.17, 15) is 13.9 Å². The Morgan fingerprint density at radius 1 is 1.14 bits per heavy atom. The van der Waals surface area contributed by atoms with Crippen LogP contribution in [0.3, 0.4) is 0 Å². The molecule has 2 aromatic rings. The first-order chi connectivity index (χ1) is 10.0. The lowest BCUT2D eigenvalue weighted by molar-refractivity contribution is 0.213. The molecule has 1 unspecified atom stereocenters. The Morgan fingerprint density at radius 2 is 1.90 bits per heavy atom. The van der Waals surface area contributed by atoms with E-state index in [0.29, 0.717) is 23.5 Å². The van der Waals surface area contributed by atoms with Crippen molar-refractivity contribution in [2.75, 3.05) is 6.61 Å². The minimum atomic E-state index is -1.16. The van der Waals surface area contributed by atoms with Gasteiger partial charge in [-0.05, 0) is 42.7 Å². The van der Waals surface area contributed by atoms with Crippen molar-refractivity contribution in [3.63, 3.8) is 0 Å². The highest BCUT2D eigenvalue weighted by Crippen LogP contribution is 2.28. The zero-order valence-electron chi connectivity index (χ0n) is 12.1. The minimum Gasteiger partial charge on any atom is -0.494 e. The number of benzene rings is 2. The largest absolute Gasteiger partial charge is 0.494 e. The van der Waals surface area contributed by atoms with Crippen LogP contribution in [0.2, 0.25) is 0 Å². The smallest absolute Gasteiger partial charge is 0.132 e. The Balaban J connectivity index is 2.31. The van der Waals surface area contributed by atoms with Gasteiger partial charge in [-0.15, -0.1) is 0 Å². The van der Waals surface area contributed by atoms with Gasteiger partial charge in [0.15, 0.2) is 0 Å². The van der Waals surface area contributed by atoms with Crippen LogP contribution in [0.15, 0.2) is 36.4 Å². The average Bonchev–Trinajstić information content (AvgIpc) is 2.48. The molecule has 0 aliphatic carbocycles. The maximum absolute atomic E-state index is 13.8. The molecule has 2 aromatic carbocycles. The summed E-state index contributed by atoms with van der Waals surface area (Å²) < 4.78 is 32.6. The van der Waals surface area contributed by atoms with Gasteiger partial charge in [0.2, 0.25) is 0 Å². The molecule has 0 saturated carbocycles. The zero-order valence-corrected chi connectivity index (χ0v) is 12.1. The summed E-state index contributed by atoms with van der Waals surface area (Å²) >= 11 is 0. The van der Waals surface area contributed by atoms with E-state index in [1.54, 1.807) is 24.3 Å². The molecule has 4 heteroatoms. The molecule has 0 aromatic heterocycles. The molecule has 0 heterocycles. The topological polar surface area (TPSA) is 29.5 Å². The SMILES string of the molecule is CCCOc1cccc(C(O)c2cc(C)c(F)cc2F)c1. The monoisotopic (exact) mass is 292 g/mol. The van der Waals surface area contributed by atoms with Crippen LogP contribution in [-0.4, -0.2) is 11.7 Å². The molecule has 0 aliphatic rings. The van der Waals surface area contributed by atoms with Gasteiger partial charge in [0.1, 0.15) is 23.5 Å². The van der Waals surface area contributed by atoms with E-state index in [-0.39, 0.29) is 5.56 Å². The van der Waals surface area contributed by atoms with Gasteiger partial charge >= 0.3 is 0 Å². The molecular formula is C17H18F2O2. The molecule has 1 atom stereocenters. The number of aliphatic hydroxyl groups excluding tert-OH is 1. The van der Waals surface area contributed by atoms with Crippen LogP contribution in [0, 0.1) is 18.6 Å². The van der Waals surface area contributed by atoms with Gasteiger partial charge in [-0.1, -0.05) is 19.1 Å². The Hall–Kier alpha value is -1.94. The fraction of sp³-hybridized carbons (Fsp3) is 0.294. The highest BCUT2D eigenvalue weighted by Gasteiger charge is 2.17. The first-order valence-electron chi connectivity index (χ1n) is 6.89. The summed E-state index contributed by atoms with van der Waals surface area (Å²) in [5, 5.41) is 10.3. The van der Waals surface area contributed by atoms with Gasteiger partial charge in [0.25, 0.3) is 0 Å². The summed E-state index contributed by atoms with van der Waals surface area (Å²) in [4.78, 5) is 0. The predicted octanol–water partition coefficient (Wildman–Crippen LogP) is 4.14. The molecule has 1 N–H and O–H groups in total. The Morgan fingerprint density at radius 3 is 2.62 bits per heavy atom.